The lowest BCUT2D eigenvalue weighted by Crippen LogP contribution is -2.10. The molecule has 0 bridgehead atoms. The number of hydrogen-bond acceptors (Lipinski definition) is 4. The van der Waals surface area contributed by atoms with Crippen molar-refractivity contribution in [2.75, 3.05) is 4.90 Å². The van der Waals surface area contributed by atoms with Gasteiger partial charge in [0.2, 0.25) is 0 Å². The van der Waals surface area contributed by atoms with Crippen molar-refractivity contribution in [2.45, 2.75) is 19.6 Å². The van der Waals surface area contributed by atoms with E-state index < -0.39 is 0 Å². The zero-order chi connectivity index (χ0) is 25.9. The van der Waals surface area contributed by atoms with Crippen LogP contribution in [0.15, 0.2) is 145 Å². The number of fused-ring (bicyclic) bond motifs is 7. The highest BCUT2D eigenvalue weighted by Crippen LogP contribution is 2.51. The fraction of sp³-hybridized carbons (Fsp3) is 0. The summed E-state index contributed by atoms with van der Waals surface area (Å²) >= 11 is 10.6. The molecule has 0 atom stereocenters. The van der Waals surface area contributed by atoms with E-state index in [2.05, 4.69) is 108 Å². The molecule has 1 aliphatic heterocycles. The summed E-state index contributed by atoms with van der Waals surface area (Å²) in [6, 6.07) is 42.6. The molecule has 0 amide bonds. The molecular weight excluding hydrogens is 538 g/mol. The van der Waals surface area contributed by atoms with Crippen molar-refractivity contribution >= 4 is 84.9 Å². The average Bonchev–Trinajstić information content (AvgIpc) is 3.37. The highest BCUT2D eigenvalue weighted by Gasteiger charge is 2.22. The van der Waals surface area contributed by atoms with Gasteiger partial charge in [0.05, 0.1) is 5.02 Å². The number of nitrogens with zero attached hydrogens (tertiary/aromatic N) is 1. The van der Waals surface area contributed by atoms with Gasteiger partial charge in [0, 0.05) is 47.4 Å². The molecule has 0 aliphatic carbocycles. The summed E-state index contributed by atoms with van der Waals surface area (Å²) in [5.74, 6) is 0. The van der Waals surface area contributed by atoms with Crippen molar-refractivity contribution in [3.05, 3.63) is 126 Å². The first kappa shape index (κ1) is 23.1. The first-order chi connectivity index (χ1) is 19.2. The Morgan fingerprint density at radius 3 is 2.10 bits per heavy atom. The summed E-state index contributed by atoms with van der Waals surface area (Å²) in [6.45, 7) is 0. The molecule has 0 saturated heterocycles. The first-order valence-corrected chi connectivity index (χ1v) is 14.7. The second-order valence-electron chi connectivity index (χ2n) is 9.52. The van der Waals surface area contributed by atoms with Crippen molar-refractivity contribution in [1.82, 2.24) is 0 Å². The van der Waals surface area contributed by atoms with Gasteiger partial charge in [-0.2, -0.15) is 0 Å². The Morgan fingerprint density at radius 1 is 0.538 bits per heavy atom. The Bertz CT molecular complexity index is 2050. The van der Waals surface area contributed by atoms with Crippen LogP contribution in [-0.2, 0) is 0 Å². The Hall–Kier alpha value is -3.83. The molecule has 0 radical (unpaired) electrons. The van der Waals surface area contributed by atoms with Crippen LogP contribution in [0.5, 0.6) is 0 Å². The lowest BCUT2D eigenvalue weighted by Gasteiger charge is -2.27. The third-order valence-corrected chi connectivity index (χ3v) is 9.97. The molecule has 6 aromatic carbocycles. The van der Waals surface area contributed by atoms with Gasteiger partial charge >= 0.3 is 0 Å². The predicted molar refractivity (Wildman–Crippen MR) is 166 cm³/mol. The van der Waals surface area contributed by atoms with Crippen LogP contribution in [0.2, 0.25) is 5.02 Å². The van der Waals surface area contributed by atoms with Crippen LogP contribution in [0, 0.1) is 0 Å². The van der Waals surface area contributed by atoms with Crippen LogP contribution in [0.1, 0.15) is 0 Å². The number of rotatable bonds is 3. The molecule has 2 heterocycles. The summed E-state index contributed by atoms with van der Waals surface area (Å²) in [5.41, 5.74) is 4.70. The van der Waals surface area contributed by atoms with Crippen molar-refractivity contribution in [3.8, 4) is 0 Å². The Balaban J connectivity index is 1.34. The number of benzene rings is 6. The van der Waals surface area contributed by atoms with Crippen LogP contribution in [0.3, 0.4) is 0 Å². The van der Waals surface area contributed by atoms with E-state index in [-0.39, 0.29) is 0 Å². The Kier molecular flexibility index (Phi) is 5.41. The van der Waals surface area contributed by atoms with Gasteiger partial charge in [-0.05, 0) is 71.4 Å². The molecule has 186 valence electrons. The molecule has 8 rings (SSSR count). The van der Waals surface area contributed by atoms with Gasteiger partial charge < -0.3 is 9.32 Å². The topological polar surface area (TPSA) is 16.4 Å². The lowest BCUT2D eigenvalue weighted by molar-refractivity contribution is 0.669. The largest absolute Gasteiger partial charge is 0.454 e. The van der Waals surface area contributed by atoms with Crippen molar-refractivity contribution in [1.29, 1.82) is 0 Å². The molecule has 2 nitrogen and oxygen atoms in total. The maximum Gasteiger partial charge on any atom is 0.154 e. The quantitative estimate of drug-likeness (QED) is 0.214. The molecule has 0 N–H and O–H groups in total. The van der Waals surface area contributed by atoms with E-state index in [0.29, 0.717) is 10.6 Å². The van der Waals surface area contributed by atoms with Crippen molar-refractivity contribution < 1.29 is 4.42 Å². The molecule has 7 aromatic rings. The maximum atomic E-state index is 6.95. The molecule has 0 unspecified atom stereocenters. The summed E-state index contributed by atoms with van der Waals surface area (Å²) in [6.07, 6.45) is 0. The predicted octanol–water partition coefficient (Wildman–Crippen LogP) is 11.5. The lowest BCUT2D eigenvalue weighted by atomic mass is 10.0. The van der Waals surface area contributed by atoms with E-state index in [1.807, 2.05) is 41.7 Å². The zero-order valence-electron chi connectivity index (χ0n) is 20.6. The fourth-order valence-corrected chi connectivity index (χ4v) is 7.90. The van der Waals surface area contributed by atoms with Crippen molar-refractivity contribution in [2.24, 2.45) is 0 Å². The van der Waals surface area contributed by atoms with E-state index in [1.54, 1.807) is 0 Å². The molecule has 0 fully saturated rings. The van der Waals surface area contributed by atoms with E-state index in [1.165, 1.54) is 25.0 Å². The van der Waals surface area contributed by atoms with Crippen molar-refractivity contribution in [3.63, 3.8) is 0 Å². The summed E-state index contributed by atoms with van der Waals surface area (Å²) in [7, 11) is 0. The summed E-state index contributed by atoms with van der Waals surface area (Å²) < 4.78 is 6.29. The maximum absolute atomic E-state index is 6.95. The minimum Gasteiger partial charge on any atom is -0.454 e. The van der Waals surface area contributed by atoms with Crippen LogP contribution >= 0.6 is 35.1 Å². The monoisotopic (exact) mass is 557 g/mol. The normalized spacial score (nSPS) is 12.5. The zero-order valence-corrected chi connectivity index (χ0v) is 23.0. The second kappa shape index (κ2) is 9.13. The van der Waals surface area contributed by atoms with Gasteiger partial charge in [-0.3, -0.25) is 0 Å². The number of anilines is 3. The number of halogens is 1. The van der Waals surface area contributed by atoms with Gasteiger partial charge in [0.25, 0.3) is 0 Å². The molecule has 5 heteroatoms. The molecule has 0 saturated carbocycles. The second-order valence-corrected chi connectivity index (χ2v) is 12.1. The Morgan fingerprint density at radius 2 is 1.26 bits per heavy atom. The fourth-order valence-electron chi connectivity index (χ4n) is 5.40. The smallest absolute Gasteiger partial charge is 0.154 e. The minimum atomic E-state index is 0.598. The van der Waals surface area contributed by atoms with E-state index in [0.717, 1.165) is 38.8 Å². The highest BCUT2D eigenvalue weighted by molar-refractivity contribution is 8.05. The molecule has 0 spiro atoms. The Labute approximate surface area is 239 Å². The van der Waals surface area contributed by atoms with E-state index in [9.17, 15) is 0 Å². The number of hydrogen-bond donors (Lipinski definition) is 0. The third kappa shape index (κ3) is 3.82. The molecule has 1 aliphatic rings. The minimum absolute atomic E-state index is 0.598. The van der Waals surface area contributed by atoms with Crippen LogP contribution < -0.4 is 4.90 Å². The van der Waals surface area contributed by atoms with Gasteiger partial charge in [-0.15, -0.1) is 0 Å². The standard InChI is InChI=1S/C34H20ClNOS2/c35-27-19-24(18-26-33-25-11-5-4-8-21(25)14-16-28(33)37-34(26)27)36(22-9-2-1-3-10-22)23-15-17-31-32(20-23)39-30-13-7-6-12-29(30)38-31/h1-20H. The van der Waals surface area contributed by atoms with E-state index in [4.69, 9.17) is 16.0 Å². The first-order valence-electron chi connectivity index (χ1n) is 12.7. The number of para-hydroxylation sites is 1. The highest BCUT2D eigenvalue weighted by atomic mass is 35.5. The van der Waals surface area contributed by atoms with Gasteiger partial charge in [-0.25, -0.2) is 0 Å². The van der Waals surface area contributed by atoms with Gasteiger partial charge in [-0.1, -0.05) is 95.8 Å². The molecule has 1 aromatic heterocycles. The van der Waals surface area contributed by atoms with Gasteiger partial charge in [0.1, 0.15) is 5.58 Å². The van der Waals surface area contributed by atoms with Crippen LogP contribution in [-0.4, -0.2) is 0 Å². The summed E-state index contributed by atoms with van der Waals surface area (Å²) in [4.78, 5) is 7.40. The SMILES string of the molecule is Clc1cc(N(c2ccccc2)c2ccc3c(c2)Sc2ccccc2S3)cc2c1oc1ccc3ccccc3c12. The van der Waals surface area contributed by atoms with Crippen LogP contribution in [0.25, 0.3) is 32.7 Å². The van der Waals surface area contributed by atoms with Crippen LogP contribution in [0.4, 0.5) is 17.1 Å². The average molecular weight is 558 g/mol. The van der Waals surface area contributed by atoms with E-state index >= 15 is 0 Å². The van der Waals surface area contributed by atoms with Gasteiger partial charge in [0.15, 0.2) is 5.58 Å². The molecule has 39 heavy (non-hydrogen) atoms. The third-order valence-electron chi connectivity index (χ3n) is 7.15. The summed E-state index contributed by atoms with van der Waals surface area (Å²) in [5, 5.41) is 5.05. The molecular formula is C34H20ClNOS2. The number of furan rings is 1.